The van der Waals surface area contributed by atoms with E-state index in [4.69, 9.17) is 14.7 Å². The van der Waals surface area contributed by atoms with Gasteiger partial charge >= 0.3 is 0 Å². The van der Waals surface area contributed by atoms with Crippen molar-refractivity contribution >= 4 is 10.8 Å². The van der Waals surface area contributed by atoms with Crippen LogP contribution in [0.1, 0.15) is 18.5 Å². The van der Waals surface area contributed by atoms with Gasteiger partial charge in [0.15, 0.2) is 18.0 Å². The van der Waals surface area contributed by atoms with Crippen LogP contribution in [0.2, 0.25) is 0 Å². The van der Waals surface area contributed by atoms with E-state index in [1.165, 1.54) is 5.56 Å². The highest BCUT2D eigenvalue weighted by Gasteiger charge is 2.11. The topological polar surface area (TPSA) is 58.9 Å². The fourth-order valence-corrected chi connectivity index (χ4v) is 2.24. The predicted molar refractivity (Wildman–Crippen MR) is 77.9 cm³/mol. The Labute approximate surface area is 131 Å². The Balaban J connectivity index is 0.00000220. The van der Waals surface area contributed by atoms with Crippen LogP contribution in [-0.2, 0) is 0 Å². The summed E-state index contributed by atoms with van der Waals surface area (Å²) in [4.78, 5) is 0. The van der Waals surface area contributed by atoms with Gasteiger partial charge in [0.05, 0.1) is 14.2 Å². The number of nitriles is 1. The molecule has 2 N–H and O–H groups in total. The SMILES string of the molecule is COc1cc2ccc(C(C)[NH2+]CC#N)cc2cc1OC.[Cl-]. The summed E-state index contributed by atoms with van der Waals surface area (Å²) in [5, 5.41) is 12.9. The third-order valence-corrected chi connectivity index (χ3v) is 3.46. The van der Waals surface area contributed by atoms with Crippen LogP contribution in [0.3, 0.4) is 0 Å². The van der Waals surface area contributed by atoms with Gasteiger partial charge < -0.3 is 27.2 Å². The molecule has 0 aliphatic rings. The summed E-state index contributed by atoms with van der Waals surface area (Å²) >= 11 is 0. The lowest BCUT2D eigenvalue weighted by molar-refractivity contribution is -0.683. The van der Waals surface area contributed by atoms with Gasteiger partial charge in [0.2, 0.25) is 0 Å². The predicted octanol–water partition coefficient (Wildman–Crippen LogP) is -0.991. The summed E-state index contributed by atoms with van der Waals surface area (Å²) in [7, 11) is 3.27. The number of ether oxygens (including phenoxy) is 2. The first-order valence-electron chi connectivity index (χ1n) is 6.55. The summed E-state index contributed by atoms with van der Waals surface area (Å²) < 4.78 is 10.6. The maximum atomic E-state index is 8.65. The maximum absolute atomic E-state index is 8.65. The highest BCUT2D eigenvalue weighted by Crippen LogP contribution is 2.32. The van der Waals surface area contributed by atoms with Crippen molar-refractivity contribution in [3.05, 3.63) is 35.9 Å². The van der Waals surface area contributed by atoms with Gasteiger partial charge in [-0.2, -0.15) is 5.26 Å². The van der Waals surface area contributed by atoms with Crippen LogP contribution in [0.5, 0.6) is 11.5 Å². The molecule has 2 aromatic carbocycles. The second-order valence-electron chi connectivity index (χ2n) is 4.70. The van der Waals surface area contributed by atoms with E-state index >= 15 is 0 Å². The minimum atomic E-state index is 0. The van der Waals surface area contributed by atoms with Crippen molar-refractivity contribution in [2.45, 2.75) is 13.0 Å². The van der Waals surface area contributed by atoms with E-state index in [1.807, 2.05) is 17.4 Å². The Kier molecular flexibility index (Phi) is 6.29. The van der Waals surface area contributed by atoms with E-state index in [0.29, 0.717) is 6.54 Å². The van der Waals surface area contributed by atoms with Gasteiger partial charge in [-0.25, -0.2) is 0 Å². The summed E-state index contributed by atoms with van der Waals surface area (Å²) in [6, 6.07) is 12.7. The molecule has 0 fully saturated rings. The molecule has 5 heteroatoms. The number of quaternary nitrogens is 1. The average Bonchev–Trinajstić information content (AvgIpc) is 2.50. The van der Waals surface area contributed by atoms with Crippen LogP contribution in [0, 0.1) is 11.3 Å². The van der Waals surface area contributed by atoms with Crippen LogP contribution in [0.4, 0.5) is 0 Å². The molecule has 0 radical (unpaired) electrons. The average molecular weight is 307 g/mol. The molecule has 0 aliphatic carbocycles. The molecule has 112 valence electrons. The summed E-state index contributed by atoms with van der Waals surface area (Å²) in [5.74, 6) is 1.46. The zero-order chi connectivity index (χ0) is 14.5. The lowest BCUT2D eigenvalue weighted by Crippen LogP contribution is -3.00. The van der Waals surface area contributed by atoms with Gasteiger partial charge in [-0.05, 0) is 35.9 Å². The highest BCUT2D eigenvalue weighted by molar-refractivity contribution is 5.86. The number of nitrogens with two attached hydrogens (primary N) is 1. The maximum Gasteiger partial charge on any atom is 0.163 e. The van der Waals surface area contributed by atoms with Crippen LogP contribution < -0.4 is 27.2 Å². The van der Waals surface area contributed by atoms with Crippen molar-refractivity contribution < 1.29 is 27.2 Å². The fraction of sp³-hybridized carbons (Fsp3) is 0.312. The molecule has 0 spiro atoms. The van der Waals surface area contributed by atoms with E-state index in [1.54, 1.807) is 14.2 Å². The number of benzene rings is 2. The molecule has 2 rings (SSSR count). The van der Waals surface area contributed by atoms with E-state index in [9.17, 15) is 0 Å². The Morgan fingerprint density at radius 2 is 1.71 bits per heavy atom. The number of rotatable bonds is 5. The van der Waals surface area contributed by atoms with Crippen molar-refractivity contribution in [3.8, 4) is 17.6 Å². The first kappa shape index (κ1) is 17.1. The highest BCUT2D eigenvalue weighted by atomic mass is 35.5. The number of fused-ring (bicyclic) bond motifs is 1. The van der Waals surface area contributed by atoms with Crippen molar-refractivity contribution in [2.75, 3.05) is 20.8 Å². The number of halogens is 1. The number of methoxy groups -OCH3 is 2. The van der Waals surface area contributed by atoms with Crippen LogP contribution in [-0.4, -0.2) is 20.8 Å². The van der Waals surface area contributed by atoms with Crippen LogP contribution in [0.25, 0.3) is 10.8 Å². The van der Waals surface area contributed by atoms with Gasteiger partial charge in [-0.3, -0.25) is 0 Å². The first-order valence-corrected chi connectivity index (χ1v) is 6.55. The smallest absolute Gasteiger partial charge is 0.163 e. The number of hydrogen-bond donors (Lipinski definition) is 1. The van der Waals surface area contributed by atoms with Gasteiger partial charge in [-0.15, -0.1) is 0 Å². The Bertz CT molecular complexity index is 653. The lowest BCUT2D eigenvalue weighted by Gasteiger charge is -2.12. The Morgan fingerprint density at radius 1 is 1.10 bits per heavy atom. The molecule has 0 bridgehead atoms. The second-order valence-corrected chi connectivity index (χ2v) is 4.70. The molecule has 4 nitrogen and oxygen atoms in total. The molecule has 0 amide bonds. The third-order valence-electron chi connectivity index (χ3n) is 3.46. The minimum absolute atomic E-state index is 0. The quantitative estimate of drug-likeness (QED) is 0.722. The van der Waals surface area contributed by atoms with E-state index < -0.39 is 0 Å². The molecule has 0 saturated heterocycles. The molecular weight excluding hydrogens is 288 g/mol. The molecule has 1 unspecified atom stereocenters. The molecule has 21 heavy (non-hydrogen) atoms. The van der Waals surface area contributed by atoms with Gasteiger partial charge in [0, 0.05) is 5.56 Å². The summed E-state index contributed by atoms with van der Waals surface area (Å²) in [6.07, 6.45) is 0. The monoisotopic (exact) mass is 306 g/mol. The normalized spacial score (nSPS) is 11.3. The first-order chi connectivity index (χ1) is 9.69. The van der Waals surface area contributed by atoms with E-state index in [0.717, 1.165) is 22.3 Å². The lowest BCUT2D eigenvalue weighted by atomic mass is 10.0. The molecule has 0 aliphatic heterocycles. The zero-order valence-electron chi connectivity index (χ0n) is 12.4. The molecule has 2 aromatic rings. The van der Waals surface area contributed by atoms with E-state index in [2.05, 4.69) is 31.2 Å². The zero-order valence-corrected chi connectivity index (χ0v) is 13.1. The Hall–Kier alpha value is -1.96. The van der Waals surface area contributed by atoms with Crippen molar-refractivity contribution in [3.63, 3.8) is 0 Å². The summed E-state index contributed by atoms with van der Waals surface area (Å²) in [6.45, 7) is 2.56. The fourth-order valence-electron chi connectivity index (χ4n) is 2.24. The van der Waals surface area contributed by atoms with Crippen molar-refractivity contribution in [2.24, 2.45) is 0 Å². The van der Waals surface area contributed by atoms with Crippen LogP contribution in [0.15, 0.2) is 30.3 Å². The van der Waals surface area contributed by atoms with E-state index in [-0.39, 0.29) is 18.4 Å². The number of nitrogens with zero attached hydrogens (tertiary/aromatic N) is 1. The standard InChI is InChI=1S/C16H18N2O2.ClH/c1-11(18-7-6-17)12-4-5-13-9-15(19-2)16(20-3)10-14(13)8-12;/h4-5,8-11,18H,7H2,1-3H3;1H. The van der Waals surface area contributed by atoms with Crippen molar-refractivity contribution in [1.29, 1.82) is 5.26 Å². The van der Waals surface area contributed by atoms with Gasteiger partial charge in [-0.1, -0.05) is 12.1 Å². The largest absolute Gasteiger partial charge is 1.00 e. The molecule has 1 atom stereocenters. The molecular formula is C16H19ClN2O2. The Morgan fingerprint density at radius 3 is 2.29 bits per heavy atom. The summed E-state index contributed by atoms with van der Waals surface area (Å²) in [5.41, 5.74) is 1.19. The molecule has 0 heterocycles. The molecule has 0 saturated carbocycles. The van der Waals surface area contributed by atoms with Gasteiger partial charge in [0.25, 0.3) is 0 Å². The van der Waals surface area contributed by atoms with Crippen molar-refractivity contribution in [1.82, 2.24) is 0 Å². The second kappa shape index (κ2) is 7.72. The minimum Gasteiger partial charge on any atom is -1.00 e. The molecule has 0 aromatic heterocycles. The third kappa shape index (κ3) is 3.78. The van der Waals surface area contributed by atoms with Crippen LogP contribution >= 0.6 is 0 Å². The van der Waals surface area contributed by atoms with Gasteiger partial charge in [0.1, 0.15) is 12.1 Å². The number of hydrogen-bond acceptors (Lipinski definition) is 3.